The van der Waals surface area contributed by atoms with E-state index >= 15 is 0 Å². The fourth-order valence-corrected chi connectivity index (χ4v) is 4.19. The standard InChI is InChI=1S/C19H25NS/c1-2-15-7-6-10-18(11-15)20-13-19-12-17(14-21-19)16-8-4-3-5-9-16/h3-5,8-9,12,14-15,18,20H,2,6-7,10-11,13H2,1H3. The summed E-state index contributed by atoms with van der Waals surface area (Å²) in [6.45, 7) is 3.36. The third-order valence-electron chi connectivity index (χ3n) is 4.69. The van der Waals surface area contributed by atoms with Gasteiger partial charge in [0.1, 0.15) is 0 Å². The van der Waals surface area contributed by atoms with Gasteiger partial charge in [-0.05, 0) is 41.3 Å². The quantitative estimate of drug-likeness (QED) is 0.771. The molecular formula is C19H25NS. The van der Waals surface area contributed by atoms with Gasteiger partial charge in [-0.2, -0.15) is 0 Å². The van der Waals surface area contributed by atoms with E-state index in [0.29, 0.717) is 0 Å². The molecule has 0 bridgehead atoms. The molecule has 0 saturated heterocycles. The van der Waals surface area contributed by atoms with Gasteiger partial charge in [-0.3, -0.25) is 0 Å². The van der Waals surface area contributed by atoms with Gasteiger partial charge in [-0.15, -0.1) is 11.3 Å². The van der Waals surface area contributed by atoms with Gasteiger partial charge in [-0.1, -0.05) is 56.5 Å². The molecule has 2 unspecified atom stereocenters. The van der Waals surface area contributed by atoms with Crippen molar-refractivity contribution in [2.75, 3.05) is 0 Å². The Bertz CT molecular complexity index is 546. The molecule has 2 aromatic rings. The Morgan fingerprint density at radius 2 is 2.00 bits per heavy atom. The minimum absolute atomic E-state index is 0.728. The molecular weight excluding hydrogens is 274 g/mol. The Kier molecular flexibility index (Phi) is 5.10. The summed E-state index contributed by atoms with van der Waals surface area (Å²) in [5.41, 5.74) is 2.68. The fraction of sp³-hybridized carbons (Fsp3) is 0.474. The van der Waals surface area contributed by atoms with Crippen molar-refractivity contribution in [3.63, 3.8) is 0 Å². The van der Waals surface area contributed by atoms with Crippen molar-refractivity contribution in [2.45, 2.75) is 51.6 Å². The van der Waals surface area contributed by atoms with Crippen LogP contribution in [0.5, 0.6) is 0 Å². The molecule has 1 saturated carbocycles. The lowest BCUT2D eigenvalue weighted by molar-refractivity contribution is 0.279. The molecule has 1 aromatic carbocycles. The summed E-state index contributed by atoms with van der Waals surface area (Å²) in [5, 5.41) is 6.06. The van der Waals surface area contributed by atoms with Crippen LogP contribution in [0, 0.1) is 5.92 Å². The fourth-order valence-electron chi connectivity index (χ4n) is 3.35. The van der Waals surface area contributed by atoms with Gasteiger partial charge in [0.25, 0.3) is 0 Å². The molecule has 2 atom stereocenters. The van der Waals surface area contributed by atoms with Crippen LogP contribution in [0.1, 0.15) is 43.9 Å². The zero-order valence-corrected chi connectivity index (χ0v) is 13.7. The molecule has 1 N–H and O–H groups in total. The first-order valence-corrected chi connectivity index (χ1v) is 9.09. The lowest BCUT2D eigenvalue weighted by Gasteiger charge is -2.29. The second-order valence-electron chi connectivity index (χ2n) is 6.19. The molecule has 0 amide bonds. The van der Waals surface area contributed by atoms with Gasteiger partial charge < -0.3 is 5.32 Å². The molecule has 2 heteroatoms. The van der Waals surface area contributed by atoms with E-state index in [4.69, 9.17) is 0 Å². The second-order valence-corrected chi connectivity index (χ2v) is 7.18. The maximum atomic E-state index is 3.78. The van der Waals surface area contributed by atoms with E-state index in [1.54, 1.807) is 0 Å². The number of hydrogen-bond donors (Lipinski definition) is 1. The lowest BCUT2D eigenvalue weighted by Crippen LogP contribution is -2.33. The first-order valence-electron chi connectivity index (χ1n) is 8.21. The van der Waals surface area contributed by atoms with Crippen molar-refractivity contribution >= 4 is 11.3 Å². The molecule has 0 radical (unpaired) electrons. The van der Waals surface area contributed by atoms with Crippen LogP contribution < -0.4 is 5.32 Å². The number of thiophene rings is 1. The molecule has 21 heavy (non-hydrogen) atoms. The van der Waals surface area contributed by atoms with Crippen molar-refractivity contribution in [3.8, 4) is 11.1 Å². The Labute approximate surface area is 132 Å². The minimum atomic E-state index is 0.728. The third-order valence-corrected chi connectivity index (χ3v) is 5.62. The highest BCUT2D eigenvalue weighted by molar-refractivity contribution is 7.10. The van der Waals surface area contributed by atoms with Crippen molar-refractivity contribution in [3.05, 3.63) is 46.7 Å². The maximum absolute atomic E-state index is 3.78. The van der Waals surface area contributed by atoms with Crippen LogP contribution in [0.2, 0.25) is 0 Å². The highest BCUT2D eigenvalue weighted by atomic mass is 32.1. The zero-order chi connectivity index (χ0) is 14.5. The van der Waals surface area contributed by atoms with E-state index in [1.807, 2.05) is 11.3 Å². The first-order chi connectivity index (χ1) is 10.3. The van der Waals surface area contributed by atoms with E-state index in [1.165, 1.54) is 48.1 Å². The monoisotopic (exact) mass is 299 g/mol. The second kappa shape index (κ2) is 7.24. The topological polar surface area (TPSA) is 12.0 Å². The summed E-state index contributed by atoms with van der Waals surface area (Å²) < 4.78 is 0. The summed E-state index contributed by atoms with van der Waals surface area (Å²) in [6, 6.07) is 13.7. The first kappa shape index (κ1) is 14.8. The maximum Gasteiger partial charge on any atom is 0.0302 e. The van der Waals surface area contributed by atoms with E-state index in [-0.39, 0.29) is 0 Å². The van der Waals surface area contributed by atoms with Gasteiger partial charge in [0, 0.05) is 17.5 Å². The molecule has 1 nitrogen and oxygen atoms in total. The predicted octanol–water partition coefficient (Wildman–Crippen LogP) is 5.47. The van der Waals surface area contributed by atoms with Crippen LogP contribution in [0.15, 0.2) is 41.8 Å². The van der Waals surface area contributed by atoms with Crippen LogP contribution in [-0.2, 0) is 6.54 Å². The highest BCUT2D eigenvalue weighted by Gasteiger charge is 2.20. The van der Waals surface area contributed by atoms with Crippen LogP contribution >= 0.6 is 11.3 Å². The van der Waals surface area contributed by atoms with Crippen molar-refractivity contribution < 1.29 is 0 Å². The van der Waals surface area contributed by atoms with Crippen molar-refractivity contribution in [2.24, 2.45) is 5.92 Å². The smallest absolute Gasteiger partial charge is 0.0302 e. The Balaban J connectivity index is 1.55. The summed E-state index contributed by atoms with van der Waals surface area (Å²) in [4.78, 5) is 1.45. The molecule has 1 aromatic heterocycles. The Hall–Kier alpha value is -1.12. The average Bonchev–Trinajstić information content (AvgIpc) is 3.03. The molecule has 0 spiro atoms. The molecule has 0 aliphatic heterocycles. The van der Waals surface area contributed by atoms with E-state index in [2.05, 4.69) is 54.0 Å². The molecule has 1 heterocycles. The number of hydrogen-bond acceptors (Lipinski definition) is 2. The van der Waals surface area contributed by atoms with Gasteiger partial charge in [0.05, 0.1) is 0 Å². The van der Waals surface area contributed by atoms with Crippen LogP contribution in [0.4, 0.5) is 0 Å². The largest absolute Gasteiger partial charge is 0.309 e. The van der Waals surface area contributed by atoms with Gasteiger partial charge in [-0.25, -0.2) is 0 Å². The number of nitrogens with one attached hydrogen (secondary N) is 1. The summed E-state index contributed by atoms with van der Waals surface area (Å²) in [5.74, 6) is 0.944. The SMILES string of the molecule is CCC1CCCC(NCc2cc(-c3ccccc3)cs2)C1. The minimum Gasteiger partial charge on any atom is -0.309 e. The third kappa shape index (κ3) is 3.96. The zero-order valence-electron chi connectivity index (χ0n) is 12.8. The Morgan fingerprint density at radius 1 is 1.14 bits per heavy atom. The van der Waals surface area contributed by atoms with Crippen LogP contribution in [0.3, 0.4) is 0 Å². The van der Waals surface area contributed by atoms with Gasteiger partial charge in [0.2, 0.25) is 0 Å². The molecule has 3 rings (SSSR count). The van der Waals surface area contributed by atoms with E-state index in [9.17, 15) is 0 Å². The highest BCUT2D eigenvalue weighted by Crippen LogP contribution is 2.28. The number of rotatable bonds is 5. The van der Waals surface area contributed by atoms with Crippen molar-refractivity contribution in [1.29, 1.82) is 0 Å². The molecule has 1 fully saturated rings. The number of benzene rings is 1. The predicted molar refractivity (Wildman–Crippen MR) is 92.6 cm³/mol. The molecule has 1 aliphatic carbocycles. The average molecular weight is 299 g/mol. The molecule has 112 valence electrons. The normalized spacial score (nSPS) is 22.3. The lowest BCUT2D eigenvalue weighted by atomic mass is 9.84. The van der Waals surface area contributed by atoms with Crippen molar-refractivity contribution in [1.82, 2.24) is 5.32 Å². The van der Waals surface area contributed by atoms with Gasteiger partial charge >= 0.3 is 0 Å². The summed E-state index contributed by atoms with van der Waals surface area (Å²) in [7, 11) is 0. The van der Waals surface area contributed by atoms with Gasteiger partial charge in [0.15, 0.2) is 0 Å². The van der Waals surface area contributed by atoms with E-state index in [0.717, 1.165) is 18.5 Å². The van der Waals surface area contributed by atoms with E-state index < -0.39 is 0 Å². The summed E-state index contributed by atoms with van der Waals surface area (Å²) >= 11 is 1.88. The molecule has 1 aliphatic rings. The van der Waals surface area contributed by atoms with Crippen LogP contribution in [0.25, 0.3) is 11.1 Å². The summed E-state index contributed by atoms with van der Waals surface area (Å²) in [6.07, 6.45) is 6.90. The van der Waals surface area contributed by atoms with Crippen LogP contribution in [-0.4, -0.2) is 6.04 Å². The Morgan fingerprint density at radius 3 is 2.81 bits per heavy atom.